The number of carboxylic acids is 2. The lowest BCUT2D eigenvalue weighted by atomic mass is 10.0. The van der Waals surface area contributed by atoms with Crippen molar-refractivity contribution in [3.05, 3.63) is 22.4 Å². The third-order valence-corrected chi connectivity index (χ3v) is 3.67. The van der Waals surface area contributed by atoms with Crippen LogP contribution in [0.1, 0.15) is 26.2 Å². The lowest BCUT2D eigenvalue weighted by Crippen LogP contribution is -2.27. The van der Waals surface area contributed by atoms with Crippen LogP contribution in [0.2, 0.25) is 0 Å². The van der Waals surface area contributed by atoms with Crippen LogP contribution in [0.5, 0.6) is 0 Å². The second-order valence-corrected chi connectivity index (χ2v) is 4.74. The van der Waals surface area contributed by atoms with Gasteiger partial charge in [-0.2, -0.15) is 5.26 Å². The van der Waals surface area contributed by atoms with Crippen LogP contribution < -0.4 is 0 Å². The maximum Gasteiger partial charge on any atom is 0.338 e. The van der Waals surface area contributed by atoms with E-state index in [1.165, 1.54) is 6.92 Å². The van der Waals surface area contributed by atoms with Crippen LogP contribution in [0.15, 0.2) is 22.4 Å². The summed E-state index contributed by atoms with van der Waals surface area (Å²) < 4.78 is 0. The van der Waals surface area contributed by atoms with Gasteiger partial charge in [0.1, 0.15) is 0 Å². The molecule has 1 fully saturated rings. The first-order chi connectivity index (χ1) is 8.97. The summed E-state index contributed by atoms with van der Waals surface area (Å²) in [6.45, 7) is 1.94. The van der Waals surface area contributed by atoms with Crippen molar-refractivity contribution in [1.29, 1.82) is 5.26 Å². The Hall–Kier alpha value is -2.29. The van der Waals surface area contributed by atoms with Crippen molar-refractivity contribution in [3.63, 3.8) is 0 Å². The van der Waals surface area contributed by atoms with E-state index in [-0.39, 0.29) is 17.2 Å². The number of rotatable bonds is 3. The van der Waals surface area contributed by atoms with Crippen molar-refractivity contribution >= 4 is 11.9 Å². The molecule has 2 N–H and O–H groups in total. The average Bonchev–Trinajstić information content (AvgIpc) is 2.90. The molecule has 2 heterocycles. The largest absolute Gasteiger partial charge is 0.478 e. The number of aliphatic carboxylic acids is 2. The Morgan fingerprint density at radius 3 is 2.58 bits per heavy atom. The van der Waals surface area contributed by atoms with Gasteiger partial charge in [-0.1, -0.05) is 0 Å². The number of nitriles is 1. The summed E-state index contributed by atoms with van der Waals surface area (Å²) in [5.41, 5.74) is 0.191. The summed E-state index contributed by atoms with van der Waals surface area (Å²) in [5.74, 6) is -2.57. The number of hydrogen-bond acceptors (Lipinski definition) is 4. The van der Waals surface area contributed by atoms with Gasteiger partial charge < -0.3 is 15.1 Å². The molecule has 100 valence electrons. The molecule has 2 aliphatic heterocycles. The van der Waals surface area contributed by atoms with Crippen LogP contribution in [-0.4, -0.2) is 39.6 Å². The van der Waals surface area contributed by atoms with E-state index in [1.807, 2.05) is 11.0 Å². The van der Waals surface area contributed by atoms with Crippen molar-refractivity contribution in [2.45, 2.75) is 32.2 Å². The van der Waals surface area contributed by atoms with Gasteiger partial charge in [0.05, 0.1) is 28.5 Å². The molecule has 0 aromatic heterocycles. The fourth-order valence-electron chi connectivity index (χ4n) is 2.79. The molecular formula is C13H14N2O4. The van der Waals surface area contributed by atoms with E-state index in [1.54, 1.807) is 0 Å². The molecule has 0 aliphatic carbocycles. The van der Waals surface area contributed by atoms with Gasteiger partial charge in [-0.05, 0) is 19.8 Å². The molecule has 19 heavy (non-hydrogen) atoms. The van der Waals surface area contributed by atoms with Crippen LogP contribution in [-0.2, 0) is 9.59 Å². The molecule has 0 bridgehead atoms. The quantitative estimate of drug-likeness (QED) is 0.739. The number of carboxylic acid groups (broad SMARTS) is 2. The molecule has 2 rings (SSSR count). The highest BCUT2D eigenvalue weighted by Crippen LogP contribution is 2.39. The minimum Gasteiger partial charge on any atom is -0.478 e. The number of hydrogen-bond donors (Lipinski definition) is 2. The Kier molecular flexibility index (Phi) is 3.30. The standard InChI is InChI=1S/C13H14N2O4/c1-7(12(16)17)10(13(18)19)11-8(6-14)5-9-3-2-4-15(9)11/h9H,2-5H2,1H3,(H,16,17)(H,18,19)/b10-7-. The summed E-state index contributed by atoms with van der Waals surface area (Å²) in [5, 5.41) is 27.5. The molecule has 0 radical (unpaired) electrons. The van der Waals surface area contributed by atoms with Gasteiger partial charge in [-0.15, -0.1) is 0 Å². The van der Waals surface area contributed by atoms with Crippen LogP contribution in [0, 0.1) is 11.3 Å². The molecule has 1 saturated heterocycles. The van der Waals surface area contributed by atoms with Crippen molar-refractivity contribution in [2.24, 2.45) is 0 Å². The molecule has 0 saturated carbocycles. The molecule has 6 heteroatoms. The zero-order chi connectivity index (χ0) is 14.2. The van der Waals surface area contributed by atoms with Gasteiger partial charge in [0, 0.05) is 19.0 Å². The summed E-state index contributed by atoms with van der Waals surface area (Å²) in [4.78, 5) is 24.3. The molecule has 0 aromatic rings. The maximum absolute atomic E-state index is 11.4. The van der Waals surface area contributed by atoms with E-state index in [0.29, 0.717) is 24.2 Å². The Morgan fingerprint density at radius 1 is 1.37 bits per heavy atom. The highest BCUT2D eigenvalue weighted by Gasteiger charge is 2.39. The SMILES string of the molecule is C/C(C(=O)O)=C(/C(=O)O)C1=C(C#N)CC2CCCN12. The maximum atomic E-state index is 11.4. The minimum atomic E-state index is -1.30. The summed E-state index contributed by atoms with van der Waals surface area (Å²) in [6.07, 6.45) is 2.36. The van der Waals surface area contributed by atoms with Crippen LogP contribution in [0.25, 0.3) is 0 Å². The Balaban J connectivity index is 2.58. The molecule has 2 aliphatic rings. The summed E-state index contributed by atoms with van der Waals surface area (Å²) >= 11 is 0. The fraction of sp³-hybridized carbons (Fsp3) is 0.462. The van der Waals surface area contributed by atoms with Crippen molar-refractivity contribution in [1.82, 2.24) is 4.90 Å². The molecule has 0 spiro atoms. The Labute approximate surface area is 110 Å². The number of carbonyl (C=O) groups is 2. The first-order valence-corrected chi connectivity index (χ1v) is 6.05. The normalized spacial score (nSPS) is 22.9. The molecule has 0 amide bonds. The van der Waals surface area contributed by atoms with Crippen molar-refractivity contribution < 1.29 is 19.8 Å². The number of fused-ring (bicyclic) bond motifs is 1. The van der Waals surface area contributed by atoms with E-state index in [2.05, 4.69) is 0 Å². The van der Waals surface area contributed by atoms with Gasteiger partial charge in [-0.3, -0.25) is 0 Å². The van der Waals surface area contributed by atoms with E-state index in [4.69, 9.17) is 10.4 Å². The van der Waals surface area contributed by atoms with Gasteiger partial charge in [-0.25, -0.2) is 9.59 Å². The Morgan fingerprint density at radius 2 is 2.05 bits per heavy atom. The highest BCUT2D eigenvalue weighted by molar-refractivity contribution is 6.02. The van der Waals surface area contributed by atoms with Crippen molar-refractivity contribution in [3.8, 4) is 6.07 Å². The molecule has 6 nitrogen and oxygen atoms in total. The molecule has 1 atom stereocenters. The second-order valence-electron chi connectivity index (χ2n) is 4.74. The van der Waals surface area contributed by atoms with Gasteiger partial charge in [0.25, 0.3) is 0 Å². The first-order valence-electron chi connectivity index (χ1n) is 6.05. The highest BCUT2D eigenvalue weighted by atomic mass is 16.4. The predicted octanol–water partition coefficient (Wildman–Crippen LogP) is 1.12. The third-order valence-electron chi connectivity index (χ3n) is 3.67. The lowest BCUT2D eigenvalue weighted by Gasteiger charge is -2.23. The topological polar surface area (TPSA) is 102 Å². The Bertz CT molecular complexity index is 553. The first kappa shape index (κ1) is 13.1. The molecular weight excluding hydrogens is 248 g/mol. The number of nitrogens with zero attached hydrogens (tertiary/aromatic N) is 2. The monoisotopic (exact) mass is 262 g/mol. The van der Waals surface area contributed by atoms with Crippen LogP contribution in [0.3, 0.4) is 0 Å². The smallest absolute Gasteiger partial charge is 0.338 e. The zero-order valence-electron chi connectivity index (χ0n) is 10.5. The summed E-state index contributed by atoms with van der Waals surface area (Å²) in [7, 11) is 0. The van der Waals surface area contributed by atoms with E-state index < -0.39 is 11.9 Å². The van der Waals surface area contributed by atoms with Crippen LogP contribution >= 0.6 is 0 Å². The zero-order valence-corrected chi connectivity index (χ0v) is 10.5. The van der Waals surface area contributed by atoms with E-state index in [0.717, 1.165) is 12.8 Å². The van der Waals surface area contributed by atoms with Gasteiger partial charge in [0.15, 0.2) is 0 Å². The predicted molar refractivity (Wildman–Crippen MR) is 65.0 cm³/mol. The molecule has 0 aromatic carbocycles. The molecule has 1 unspecified atom stereocenters. The third kappa shape index (κ3) is 2.08. The van der Waals surface area contributed by atoms with Gasteiger partial charge >= 0.3 is 11.9 Å². The van der Waals surface area contributed by atoms with E-state index >= 15 is 0 Å². The van der Waals surface area contributed by atoms with Crippen LogP contribution in [0.4, 0.5) is 0 Å². The van der Waals surface area contributed by atoms with Gasteiger partial charge in [0.2, 0.25) is 0 Å². The second kappa shape index (κ2) is 4.76. The van der Waals surface area contributed by atoms with E-state index in [9.17, 15) is 14.7 Å². The minimum absolute atomic E-state index is 0.139. The lowest BCUT2D eigenvalue weighted by molar-refractivity contribution is -0.135. The fourth-order valence-corrected chi connectivity index (χ4v) is 2.79. The average molecular weight is 262 g/mol. The summed E-state index contributed by atoms with van der Waals surface area (Å²) in [6, 6.07) is 2.16. The van der Waals surface area contributed by atoms with Crippen molar-refractivity contribution in [2.75, 3.05) is 6.54 Å².